The predicted octanol–water partition coefficient (Wildman–Crippen LogP) is 1.06. The summed E-state index contributed by atoms with van der Waals surface area (Å²) in [5, 5.41) is 0. The van der Waals surface area contributed by atoms with Crippen molar-refractivity contribution in [1.82, 2.24) is 4.98 Å². The molecule has 0 radical (unpaired) electrons. The number of aromatic nitrogens is 1. The van der Waals surface area contributed by atoms with Gasteiger partial charge in [-0.3, -0.25) is 0 Å². The molecule has 4 heteroatoms. The SMILES string of the molecule is O=[Se]1N=C(c2ccccn2)c2ccccc21. The summed E-state index contributed by atoms with van der Waals surface area (Å²) < 4.78 is 17.0. The fraction of sp³-hybridized carbons (Fsp3) is 0. The molecule has 3 rings (SSSR count). The van der Waals surface area contributed by atoms with Gasteiger partial charge in [-0.1, -0.05) is 0 Å². The van der Waals surface area contributed by atoms with Crippen LogP contribution in [-0.4, -0.2) is 24.7 Å². The molecule has 2 heterocycles. The number of nitrogens with zero attached hydrogens (tertiary/aromatic N) is 2. The van der Waals surface area contributed by atoms with Gasteiger partial charge >= 0.3 is 97.0 Å². The number of rotatable bonds is 1. The third-order valence-electron chi connectivity index (χ3n) is 2.41. The van der Waals surface area contributed by atoms with Crippen LogP contribution in [0.4, 0.5) is 0 Å². The molecule has 0 bridgehead atoms. The minimum atomic E-state index is -2.24. The first-order chi connectivity index (χ1) is 7.86. The maximum absolute atomic E-state index is 11.8. The number of fused-ring (bicyclic) bond motifs is 1. The van der Waals surface area contributed by atoms with Crippen molar-refractivity contribution in [1.29, 1.82) is 0 Å². The van der Waals surface area contributed by atoms with Gasteiger partial charge in [-0.2, -0.15) is 0 Å². The van der Waals surface area contributed by atoms with Gasteiger partial charge in [0.05, 0.1) is 0 Å². The van der Waals surface area contributed by atoms with Crippen molar-refractivity contribution < 1.29 is 3.83 Å². The van der Waals surface area contributed by atoms with Crippen LogP contribution in [0.2, 0.25) is 0 Å². The molecular formula is C12H8N2OSe. The molecule has 0 spiro atoms. The van der Waals surface area contributed by atoms with Gasteiger partial charge < -0.3 is 0 Å². The van der Waals surface area contributed by atoms with Crippen LogP contribution in [0, 0.1) is 0 Å². The van der Waals surface area contributed by atoms with Gasteiger partial charge in [-0.15, -0.1) is 0 Å². The quantitative estimate of drug-likeness (QED) is 0.730. The van der Waals surface area contributed by atoms with Crippen molar-refractivity contribution in [3.8, 4) is 0 Å². The first-order valence-corrected chi connectivity index (χ1v) is 7.20. The van der Waals surface area contributed by atoms with Gasteiger partial charge in [0.2, 0.25) is 0 Å². The molecule has 16 heavy (non-hydrogen) atoms. The second-order valence-corrected chi connectivity index (χ2v) is 5.75. The Labute approximate surface area is 97.2 Å². The van der Waals surface area contributed by atoms with E-state index in [1.54, 1.807) is 6.20 Å². The molecule has 2 aromatic rings. The molecule has 0 saturated heterocycles. The van der Waals surface area contributed by atoms with Crippen molar-refractivity contribution >= 4 is 24.2 Å². The van der Waals surface area contributed by atoms with E-state index in [4.69, 9.17) is 0 Å². The van der Waals surface area contributed by atoms with E-state index in [0.29, 0.717) is 0 Å². The van der Waals surface area contributed by atoms with Gasteiger partial charge in [-0.25, -0.2) is 0 Å². The molecule has 3 nitrogen and oxygen atoms in total. The van der Waals surface area contributed by atoms with E-state index in [1.807, 2.05) is 42.5 Å². The zero-order valence-corrected chi connectivity index (χ0v) is 10.0. The summed E-state index contributed by atoms with van der Waals surface area (Å²) in [5.74, 6) is 0. The second-order valence-electron chi connectivity index (χ2n) is 3.40. The van der Waals surface area contributed by atoms with Crippen molar-refractivity contribution in [2.45, 2.75) is 0 Å². The Bertz CT molecular complexity index is 593. The zero-order valence-electron chi connectivity index (χ0n) is 8.33. The molecule has 0 aliphatic carbocycles. The molecule has 0 saturated carbocycles. The molecular weight excluding hydrogens is 267 g/mol. The Balaban J connectivity index is 2.19. The van der Waals surface area contributed by atoms with E-state index in [1.165, 1.54) is 0 Å². The third kappa shape index (κ3) is 1.43. The van der Waals surface area contributed by atoms with E-state index in [2.05, 4.69) is 8.99 Å². The topological polar surface area (TPSA) is 42.3 Å². The van der Waals surface area contributed by atoms with Crippen LogP contribution in [0.3, 0.4) is 0 Å². The second kappa shape index (κ2) is 3.74. The Morgan fingerprint density at radius 2 is 1.81 bits per heavy atom. The standard InChI is InChI=1S/C12H8N2OSe/c15-16-11-7-2-1-5-9(11)12(14-16)10-6-3-4-8-13-10/h1-8H. The summed E-state index contributed by atoms with van der Waals surface area (Å²) >= 11 is -2.24. The van der Waals surface area contributed by atoms with Crippen LogP contribution < -0.4 is 4.46 Å². The normalized spacial score (nSPS) is 18.0. The number of hydrogen-bond donors (Lipinski definition) is 0. The Morgan fingerprint density at radius 1 is 1.00 bits per heavy atom. The van der Waals surface area contributed by atoms with Gasteiger partial charge in [0.25, 0.3) is 0 Å². The van der Waals surface area contributed by atoms with E-state index < -0.39 is 14.1 Å². The fourth-order valence-electron chi connectivity index (χ4n) is 1.68. The average molecular weight is 275 g/mol. The van der Waals surface area contributed by atoms with Crippen LogP contribution in [0.5, 0.6) is 0 Å². The van der Waals surface area contributed by atoms with Gasteiger partial charge in [-0.05, 0) is 0 Å². The van der Waals surface area contributed by atoms with Crippen molar-refractivity contribution in [3.05, 3.63) is 59.9 Å². The van der Waals surface area contributed by atoms with Crippen molar-refractivity contribution in [2.75, 3.05) is 0 Å². The maximum atomic E-state index is 11.8. The molecule has 1 aliphatic heterocycles. The minimum absolute atomic E-state index is 0.760. The van der Waals surface area contributed by atoms with E-state index >= 15 is 0 Å². The van der Waals surface area contributed by atoms with Crippen LogP contribution >= 0.6 is 0 Å². The zero-order chi connectivity index (χ0) is 11.0. The summed E-state index contributed by atoms with van der Waals surface area (Å²) in [7, 11) is 0. The van der Waals surface area contributed by atoms with E-state index in [0.717, 1.165) is 21.4 Å². The summed E-state index contributed by atoms with van der Waals surface area (Å²) in [5.41, 5.74) is 2.51. The average Bonchev–Trinajstić information content (AvgIpc) is 2.69. The summed E-state index contributed by atoms with van der Waals surface area (Å²) in [6, 6.07) is 13.3. The molecule has 1 aromatic heterocycles. The fourth-order valence-corrected chi connectivity index (χ4v) is 3.79. The monoisotopic (exact) mass is 276 g/mol. The Morgan fingerprint density at radius 3 is 2.62 bits per heavy atom. The van der Waals surface area contributed by atoms with Gasteiger partial charge in [0.15, 0.2) is 0 Å². The molecule has 0 fully saturated rings. The first-order valence-electron chi connectivity index (χ1n) is 4.87. The van der Waals surface area contributed by atoms with Crippen LogP contribution in [0.1, 0.15) is 11.3 Å². The summed E-state index contributed by atoms with van der Waals surface area (Å²) in [6.45, 7) is 0. The van der Waals surface area contributed by atoms with Gasteiger partial charge in [0, 0.05) is 0 Å². The van der Waals surface area contributed by atoms with Crippen molar-refractivity contribution in [3.63, 3.8) is 0 Å². The number of pyridine rings is 1. The summed E-state index contributed by atoms with van der Waals surface area (Å²) in [4.78, 5) is 4.24. The molecule has 1 unspecified atom stereocenters. The van der Waals surface area contributed by atoms with Crippen LogP contribution in [0.15, 0.2) is 52.7 Å². The van der Waals surface area contributed by atoms with Gasteiger partial charge in [0.1, 0.15) is 0 Å². The van der Waals surface area contributed by atoms with Crippen LogP contribution in [0.25, 0.3) is 0 Å². The van der Waals surface area contributed by atoms with Crippen molar-refractivity contribution in [2.24, 2.45) is 4.01 Å². The summed E-state index contributed by atoms with van der Waals surface area (Å²) in [6.07, 6.45) is 1.72. The first kappa shape index (κ1) is 9.58. The van der Waals surface area contributed by atoms with Crippen LogP contribution in [-0.2, 0) is 3.83 Å². The number of benzene rings is 1. The molecule has 78 valence electrons. The predicted molar refractivity (Wildman–Crippen MR) is 62.4 cm³/mol. The third-order valence-corrected chi connectivity index (χ3v) is 4.68. The molecule has 0 amide bonds. The molecule has 1 aliphatic rings. The number of hydrogen-bond acceptors (Lipinski definition) is 2. The molecule has 1 aromatic carbocycles. The van der Waals surface area contributed by atoms with E-state index in [9.17, 15) is 3.83 Å². The molecule has 0 N–H and O–H groups in total. The Hall–Kier alpha value is -1.64. The molecule has 1 atom stereocenters. The Kier molecular flexibility index (Phi) is 2.24. The van der Waals surface area contributed by atoms with E-state index in [-0.39, 0.29) is 0 Å².